The molecule has 1 aliphatic rings. The SMILES string of the molecule is Nc1cc(Br)cc(C(=O)NCC2CCCS2)c1. The van der Waals surface area contributed by atoms with Crippen LogP contribution in [-0.4, -0.2) is 23.5 Å². The molecule has 92 valence electrons. The van der Waals surface area contributed by atoms with Crippen LogP contribution in [0.2, 0.25) is 0 Å². The predicted octanol–water partition coefficient (Wildman–Crippen LogP) is 2.66. The minimum absolute atomic E-state index is 0.0505. The van der Waals surface area contributed by atoms with Gasteiger partial charge in [-0.05, 0) is 36.8 Å². The topological polar surface area (TPSA) is 55.1 Å². The van der Waals surface area contributed by atoms with Crippen molar-refractivity contribution in [2.75, 3.05) is 18.0 Å². The van der Waals surface area contributed by atoms with Crippen LogP contribution >= 0.6 is 27.7 Å². The average Bonchev–Trinajstić information content (AvgIpc) is 2.77. The summed E-state index contributed by atoms with van der Waals surface area (Å²) in [6.45, 7) is 0.746. The molecule has 1 aliphatic heterocycles. The van der Waals surface area contributed by atoms with E-state index < -0.39 is 0 Å². The Morgan fingerprint density at radius 1 is 1.53 bits per heavy atom. The van der Waals surface area contributed by atoms with Crippen molar-refractivity contribution < 1.29 is 4.79 Å². The maximum absolute atomic E-state index is 11.9. The van der Waals surface area contributed by atoms with Crippen LogP contribution < -0.4 is 11.1 Å². The summed E-state index contributed by atoms with van der Waals surface area (Å²) in [7, 11) is 0. The highest BCUT2D eigenvalue weighted by molar-refractivity contribution is 9.10. The molecule has 17 heavy (non-hydrogen) atoms. The number of nitrogens with two attached hydrogens (primary N) is 1. The molecule has 1 amide bonds. The third kappa shape index (κ3) is 3.64. The number of benzene rings is 1. The van der Waals surface area contributed by atoms with E-state index in [0.717, 1.165) is 11.0 Å². The zero-order chi connectivity index (χ0) is 12.3. The number of rotatable bonds is 3. The molecule has 2 rings (SSSR count). The van der Waals surface area contributed by atoms with Gasteiger partial charge < -0.3 is 11.1 Å². The van der Waals surface area contributed by atoms with Crippen LogP contribution in [0.3, 0.4) is 0 Å². The molecule has 3 nitrogen and oxygen atoms in total. The third-order valence-corrected chi connectivity index (χ3v) is 4.55. The smallest absolute Gasteiger partial charge is 0.251 e. The first-order chi connectivity index (χ1) is 8.15. The van der Waals surface area contributed by atoms with E-state index in [-0.39, 0.29) is 5.91 Å². The molecule has 1 heterocycles. The van der Waals surface area contributed by atoms with Gasteiger partial charge in [0.2, 0.25) is 0 Å². The molecule has 1 fully saturated rings. The fraction of sp³-hybridized carbons (Fsp3) is 0.417. The monoisotopic (exact) mass is 314 g/mol. The van der Waals surface area contributed by atoms with Crippen molar-refractivity contribution >= 4 is 39.3 Å². The summed E-state index contributed by atoms with van der Waals surface area (Å²) in [6, 6.07) is 5.26. The van der Waals surface area contributed by atoms with E-state index in [4.69, 9.17) is 5.73 Å². The van der Waals surface area contributed by atoms with Gasteiger partial charge in [0.25, 0.3) is 5.91 Å². The van der Waals surface area contributed by atoms with Crippen molar-refractivity contribution in [2.24, 2.45) is 0 Å². The highest BCUT2D eigenvalue weighted by Crippen LogP contribution is 2.25. The number of halogens is 1. The second-order valence-corrected chi connectivity index (χ2v) is 6.44. The van der Waals surface area contributed by atoms with Gasteiger partial charge in [-0.1, -0.05) is 15.9 Å². The molecule has 0 saturated carbocycles. The Morgan fingerprint density at radius 3 is 3.00 bits per heavy atom. The molecule has 0 spiro atoms. The quantitative estimate of drug-likeness (QED) is 0.843. The largest absolute Gasteiger partial charge is 0.399 e. The molecule has 0 aliphatic carbocycles. The summed E-state index contributed by atoms with van der Waals surface area (Å²) in [6.07, 6.45) is 2.46. The van der Waals surface area contributed by atoms with Crippen LogP contribution in [0.25, 0.3) is 0 Å². The van der Waals surface area contributed by atoms with Crippen LogP contribution in [0.4, 0.5) is 5.69 Å². The number of carbonyl (C=O) groups excluding carboxylic acids is 1. The average molecular weight is 315 g/mol. The first-order valence-electron chi connectivity index (χ1n) is 5.61. The van der Waals surface area contributed by atoms with Gasteiger partial charge in [0.15, 0.2) is 0 Å². The number of nitrogens with one attached hydrogen (secondary N) is 1. The first kappa shape index (κ1) is 12.8. The normalized spacial score (nSPS) is 19.2. The van der Waals surface area contributed by atoms with Gasteiger partial charge in [-0.3, -0.25) is 4.79 Å². The summed E-state index contributed by atoms with van der Waals surface area (Å²) < 4.78 is 0.831. The lowest BCUT2D eigenvalue weighted by Crippen LogP contribution is -2.29. The van der Waals surface area contributed by atoms with E-state index in [2.05, 4.69) is 21.2 Å². The van der Waals surface area contributed by atoms with Gasteiger partial charge in [-0.2, -0.15) is 11.8 Å². The lowest BCUT2D eigenvalue weighted by Gasteiger charge is -2.10. The number of thioether (sulfide) groups is 1. The molecule has 5 heteroatoms. The van der Waals surface area contributed by atoms with Crippen molar-refractivity contribution in [3.05, 3.63) is 28.2 Å². The standard InChI is InChI=1S/C12H15BrN2OS/c13-9-4-8(5-10(14)6-9)12(16)15-7-11-2-1-3-17-11/h4-6,11H,1-3,7,14H2,(H,15,16). The minimum atomic E-state index is -0.0505. The van der Waals surface area contributed by atoms with Crippen LogP contribution in [0.15, 0.2) is 22.7 Å². The van der Waals surface area contributed by atoms with Crippen molar-refractivity contribution in [1.29, 1.82) is 0 Å². The molecule has 1 aromatic carbocycles. The Kier molecular flexibility index (Phi) is 4.34. The van der Waals surface area contributed by atoms with Gasteiger partial charge in [-0.15, -0.1) is 0 Å². The zero-order valence-electron chi connectivity index (χ0n) is 9.41. The molecule has 1 atom stereocenters. The minimum Gasteiger partial charge on any atom is -0.399 e. The number of hydrogen-bond donors (Lipinski definition) is 2. The Hall–Kier alpha value is -0.680. The number of carbonyl (C=O) groups is 1. The molecule has 1 aromatic rings. The number of hydrogen-bond acceptors (Lipinski definition) is 3. The maximum atomic E-state index is 11.9. The van der Waals surface area contributed by atoms with Gasteiger partial charge in [0.1, 0.15) is 0 Å². The summed E-state index contributed by atoms with van der Waals surface area (Å²) in [5.74, 6) is 1.16. The number of nitrogen functional groups attached to an aromatic ring is 1. The van der Waals surface area contributed by atoms with Crippen molar-refractivity contribution in [3.8, 4) is 0 Å². The Balaban J connectivity index is 1.94. The highest BCUT2D eigenvalue weighted by Gasteiger charge is 2.16. The van der Waals surface area contributed by atoms with E-state index >= 15 is 0 Å². The van der Waals surface area contributed by atoms with Gasteiger partial charge >= 0.3 is 0 Å². The molecule has 3 N–H and O–H groups in total. The van der Waals surface area contributed by atoms with Crippen molar-refractivity contribution in [2.45, 2.75) is 18.1 Å². The fourth-order valence-corrected chi connectivity index (χ4v) is 3.57. The fourth-order valence-electron chi connectivity index (χ4n) is 1.86. The molecular weight excluding hydrogens is 300 g/mol. The lowest BCUT2D eigenvalue weighted by atomic mass is 10.2. The van der Waals surface area contributed by atoms with Crippen LogP contribution in [0.1, 0.15) is 23.2 Å². The van der Waals surface area contributed by atoms with Crippen LogP contribution in [0.5, 0.6) is 0 Å². The van der Waals surface area contributed by atoms with Gasteiger partial charge in [-0.25, -0.2) is 0 Å². The van der Waals surface area contributed by atoms with E-state index in [0.29, 0.717) is 16.5 Å². The molecule has 1 saturated heterocycles. The molecule has 0 bridgehead atoms. The van der Waals surface area contributed by atoms with Gasteiger partial charge in [0, 0.05) is 27.5 Å². The first-order valence-corrected chi connectivity index (χ1v) is 7.45. The van der Waals surface area contributed by atoms with E-state index in [1.165, 1.54) is 18.6 Å². The van der Waals surface area contributed by atoms with E-state index in [1.807, 2.05) is 11.8 Å². The second-order valence-electron chi connectivity index (χ2n) is 4.12. The summed E-state index contributed by atoms with van der Waals surface area (Å²) in [4.78, 5) is 11.9. The summed E-state index contributed by atoms with van der Waals surface area (Å²) >= 11 is 5.27. The lowest BCUT2D eigenvalue weighted by molar-refractivity contribution is 0.0953. The van der Waals surface area contributed by atoms with E-state index in [1.54, 1.807) is 18.2 Å². The van der Waals surface area contributed by atoms with Crippen molar-refractivity contribution in [3.63, 3.8) is 0 Å². The third-order valence-electron chi connectivity index (χ3n) is 2.70. The molecular formula is C12H15BrN2OS. The molecule has 0 radical (unpaired) electrons. The Bertz CT molecular complexity index is 399. The van der Waals surface area contributed by atoms with Crippen LogP contribution in [-0.2, 0) is 0 Å². The maximum Gasteiger partial charge on any atom is 0.251 e. The summed E-state index contributed by atoms with van der Waals surface area (Å²) in [5.41, 5.74) is 6.91. The molecule has 0 aromatic heterocycles. The van der Waals surface area contributed by atoms with E-state index in [9.17, 15) is 4.79 Å². The number of amides is 1. The van der Waals surface area contributed by atoms with Crippen molar-refractivity contribution in [1.82, 2.24) is 5.32 Å². The molecule has 1 unspecified atom stereocenters. The number of anilines is 1. The van der Waals surface area contributed by atoms with Gasteiger partial charge in [0.05, 0.1) is 0 Å². The zero-order valence-corrected chi connectivity index (χ0v) is 11.8. The second kappa shape index (κ2) is 5.78. The summed E-state index contributed by atoms with van der Waals surface area (Å²) in [5, 5.41) is 3.53. The highest BCUT2D eigenvalue weighted by atomic mass is 79.9. The van der Waals surface area contributed by atoms with Crippen LogP contribution in [0, 0.1) is 0 Å². The predicted molar refractivity (Wildman–Crippen MR) is 76.4 cm³/mol. The Labute approximate surface area is 114 Å². The Morgan fingerprint density at radius 2 is 2.35 bits per heavy atom.